The summed E-state index contributed by atoms with van der Waals surface area (Å²) in [6.45, 7) is 0. The van der Waals surface area contributed by atoms with Crippen molar-refractivity contribution in [1.82, 2.24) is 0 Å². The van der Waals surface area contributed by atoms with Gasteiger partial charge in [0.25, 0.3) is 0 Å². The summed E-state index contributed by atoms with van der Waals surface area (Å²) in [6, 6.07) is 21.6. The van der Waals surface area contributed by atoms with Gasteiger partial charge in [-0.15, -0.1) is 0 Å². The topological polar surface area (TPSA) is 74.6 Å². The molecule has 4 nitrogen and oxygen atoms in total. The van der Waals surface area contributed by atoms with E-state index < -0.39 is 33.1 Å². The standard InChI is InChI=1S/2C6H5.C4H4O4.Sn/c2*1-2-4-6-5-3-1;5-3(6)1-2-4(7)8;/h2*1-5H;1-2H,(H,5,6)(H,7,8);. The van der Waals surface area contributed by atoms with Gasteiger partial charge in [-0.05, 0) is 0 Å². The molecule has 0 saturated carbocycles. The van der Waals surface area contributed by atoms with Crippen LogP contribution in [0, 0.1) is 0 Å². The molecule has 21 heavy (non-hydrogen) atoms. The van der Waals surface area contributed by atoms with Gasteiger partial charge in [0.15, 0.2) is 0 Å². The Bertz CT molecular complexity index is 541. The van der Waals surface area contributed by atoms with E-state index in [2.05, 4.69) is 60.7 Å². The van der Waals surface area contributed by atoms with Crippen LogP contribution in [0.3, 0.4) is 0 Å². The molecule has 0 unspecified atom stereocenters. The van der Waals surface area contributed by atoms with Gasteiger partial charge in [-0.25, -0.2) is 9.59 Å². The molecule has 0 atom stereocenters. The molecule has 106 valence electrons. The summed E-state index contributed by atoms with van der Waals surface area (Å²) >= 11 is -0.517. The summed E-state index contributed by atoms with van der Waals surface area (Å²) in [4.78, 5) is 19.1. The Hall–Kier alpha value is -2.08. The van der Waals surface area contributed by atoms with Crippen molar-refractivity contribution in [3.63, 3.8) is 0 Å². The van der Waals surface area contributed by atoms with Crippen molar-refractivity contribution in [2.24, 2.45) is 0 Å². The second kappa shape index (κ2) is 9.76. The Morgan fingerprint density at radius 3 is 1.33 bits per heavy atom. The molecule has 0 saturated heterocycles. The number of carboxylic acids is 2. The van der Waals surface area contributed by atoms with Crippen LogP contribution in [0.1, 0.15) is 0 Å². The summed E-state index contributed by atoms with van der Waals surface area (Å²) in [5, 5.41) is 15.6. The number of carboxylic acid groups (broad SMARTS) is 2. The van der Waals surface area contributed by atoms with E-state index in [1.165, 1.54) is 7.16 Å². The Morgan fingerprint density at radius 1 is 0.714 bits per heavy atom. The number of aliphatic carboxylic acids is 2. The first-order valence-corrected chi connectivity index (χ1v) is 8.94. The van der Waals surface area contributed by atoms with Gasteiger partial charge in [-0.1, -0.05) is 0 Å². The Labute approximate surface area is 133 Å². The van der Waals surface area contributed by atoms with Crippen LogP contribution in [0.2, 0.25) is 0 Å². The van der Waals surface area contributed by atoms with E-state index in [-0.39, 0.29) is 0 Å². The van der Waals surface area contributed by atoms with Gasteiger partial charge in [0.1, 0.15) is 0 Å². The van der Waals surface area contributed by atoms with Gasteiger partial charge in [0.2, 0.25) is 0 Å². The minimum absolute atomic E-state index is 0.517. The zero-order valence-electron chi connectivity index (χ0n) is 11.1. The van der Waals surface area contributed by atoms with Gasteiger partial charge in [0.05, 0.1) is 0 Å². The van der Waals surface area contributed by atoms with Crippen molar-refractivity contribution in [2.45, 2.75) is 0 Å². The number of rotatable bonds is 4. The van der Waals surface area contributed by atoms with E-state index >= 15 is 0 Å². The molecule has 0 aliphatic heterocycles. The molecule has 0 spiro atoms. The molecular weight excluding hydrogens is 375 g/mol. The summed E-state index contributed by atoms with van der Waals surface area (Å²) in [5.74, 6) is -2.51. The van der Waals surface area contributed by atoms with Crippen molar-refractivity contribution < 1.29 is 19.8 Å². The first-order chi connectivity index (χ1) is 10.1. The molecule has 2 rings (SSSR count). The van der Waals surface area contributed by atoms with Crippen LogP contribution in [0.5, 0.6) is 0 Å². The SMILES string of the molecule is O=C(O)C=CC(=O)O.c1cc[c]([Sn][c]2ccccc2)cc1. The maximum atomic E-state index is 9.55. The number of benzene rings is 2. The van der Waals surface area contributed by atoms with E-state index in [0.29, 0.717) is 12.2 Å². The molecule has 0 fully saturated rings. The number of hydrogen-bond donors (Lipinski definition) is 2. The molecule has 2 N–H and O–H groups in total. The van der Waals surface area contributed by atoms with Crippen molar-refractivity contribution in [2.75, 3.05) is 0 Å². The molecule has 0 amide bonds. The van der Waals surface area contributed by atoms with Gasteiger partial charge in [-0.2, -0.15) is 0 Å². The Kier molecular flexibility index (Phi) is 7.89. The molecular formula is C16H14O4Sn. The van der Waals surface area contributed by atoms with Gasteiger partial charge in [0, 0.05) is 12.2 Å². The van der Waals surface area contributed by atoms with Crippen LogP contribution < -0.4 is 7.16 Å². The summed E-state index contributed by atoms with van der Waals surface area (Å²) in [7, 11) is 0. The van der Waals surface area contributed by atoms with Gasteiger partial charge >= 0.3 is 101 Å². The van der Waals surface area contributed by atoms with Crippen molar-refractivity contribution in [1.29, 1.82) is 0 Å². The van der Waals surface area contributed by atoms with Gasteiger partial charge < -0.3 is 10.2 Å². The maximum absolute atomic E-state index is 9.55. The first kappa shape index (κ1) is 17.0. The molecule has 0 heterocycles. The fourth-order valence-corrected chi connectivity index (χ4v) is 4.35. The molecule has 0 aliphatic carbocycles. The zero-order valence-corrected chi connectivity index (χ0v) is 14.0. The van der Waals surface area contributed by atoms with E-state index in [0.717, 1.165) is 0 Å². The molecule has 2 aromatic carbocycles. The third-order valence-electron chi connectivity index (χ3n) is 2.20. The summed E-state index contributed by atoms with van der Waals surface area (Å²) in [5.41, 5.74) is 0. The third-order valence-corrected chi connectivity index (χ3v) is 5.76. The molecule has 0 aromatic heterocycles. The average Bonchev–Trinajstić information content (AvgIpc) is 2.48. The van der Waals surface area contributed by atoms with Crippen molar-refractivity contribution in [3.05, 3.63) is 72.8 Å². The molecule has 0 aliphatic rings. The summed E-state index contributed by atoms with van der Waals surface area (Å²) in [6.07, 6.45) is 1.12. The molecule has 0 bridgehead atoms. The van der Waals surface area contributed by atoms with Crippen LogP contribution in [-0.4, -0.2) is 43.3 Å². The Morgan fingerprint density at radius 2 is 1.05 bits per heavy atom. The van der Waals surface area contributed by atoms with E-state index in [1.54, 1.807) is 0 Å². The average molecular weight is 389 g/mol. The monoisotopic (exact) mass is 390 g/mol. The predicted molar refractivity (Wildman–Crippen MR) is 82.3 cm³/mol. The fraction of sp³-hybridized carbons (Fsp3) is 0. The van der Waals surface area contributed by atoms with E-state index in [4.69, 9.17) is 10.2 Å². The van der Waals surface area contributed by atoms with Gasteiger partial charge in [-0.3, -0.25) is 0 Å². The predicted octanol–water partition coefficient (Wildman–Crippen LogP) is 1.05. The van der Waals surface area contributed by atoms with Crippen molar-refractivity contribution >= 4 is 40.2 Å². The normalized spacial score (nSPS) is 9.71. The number of carbonyl (C=O) groups is 2. The van der Waals surface area contributed by atoms with Crippen LogP contribution in [-0.2, 0) is 9.59 Å². The van der Waals surface area contributed by atoms with E-state index in [1.807, 2.05) is 0 Å². The molecule has 5 heteroatoms. The van der Waals surface area contributed by atoms with Crippen LogP contribution in [0.4, 0.5) is 0 Å². The number of hydrogen-bond acceptors (Lipinski definition) is 2. The first-order valence-electron chi connectivity index (χ1n) is 6.09. The minimum atomic E-state index is -1.26. The Balaban J connectivity index is 0.000000240. The van der Waals surface area contributed by atoms with Crippen molar-refractivity contribution in [3.8, 4) is 0 Å². The second-order valence-electron chi connectivity index (χ2n) is 3.87. The molecule has 2 radical (unpaired) electrons. The summed E-state index contributed by atoms with van der Waals surface area (Å²) < 4.78 is 3.08. The zero-order chi connectivity index (χ0) is 15.5. The van der Waals surface area contributed by atoms with E-state index in [9.17, 15) is 9.59 Å². The fourth-order valence-electron chi connectivity index (χ4n) is 1.35. The second-order valence-corrected chi connectivity index (χ2v) is 7.88. The molecule has 2 aromatic rings. The third kappa shape index (κ3) is 8.64. The van der Waals surface area contributed by atoms with Crippen LogP contribution in [0.15, 0.2) is 72.8 Å². The van der Waals surface area contributed by atoms with Crippen LogP contribution in [0.25, 0.3) is 0 Å². The quantitative estimate of drug-likeness (QED) is 0.606. The van der Waals surface area contributed by atoms with Crippen LogP contribution >= 0.6 is 0 Å².